The van der Waals surface area contributed by atoms with Gasteiger partial charge in [0.2, 0.25) is 0 Å². The molecule has 0 aliphatic carbocycles. The van der Waals surface area contributed by atoms with E-state index in [1.165, 1.54) is 29.9 Å². The van der Waals surface area contributed by atoms with E-state index in [4.69, 9.17) is 5.11 Å². The zero-order valence-corrected chi connectivity index (χ0v) is 9.37. The summed E-state index contributed by atoms with van der Waals surface area (Å²) < 4.78 is 0. The largest absolute Gasteiger partial charge is 0.396 e. The molecule has 0 amide bonds. The Labute approximate surface area is 88.2 Å². The quantitative estimate of drug-likeness (QED) is 0.557. The topological polar surface area (TPSA) is 20.2 Å². The van der Waals surface area contributed by atoms with Gasteiger partial charge in [0.05, 0.1) is 0 Å². The first-order valence-electron chi connectivity index (χ1n) is 4.69. The molecule has 1 aromatic rings. The molecule has 1 nitrogen and oxygen atoms in total. The average molecular weight is 216 g/mol. The van der Waals surface area contributed by atoms with Crippen molar-refractivity contribution in [1.82, 2.24) is 0 Å². The highest BCUT2D eigenvalue weighted by atomic mass is 32.2. The van der Waals surface area contributed by atoms with Gasteiger partial charge in [0.1, 0.15) is 0 Å². The fourth-order valence-corrected chi connectivity index (χ4v) is 2.88. The molecular formula is C10H16OS2. The molecule has 1 rings (SSSR count). The van der Waals surface area contributed by atoms with E-state index in [1.54, 1.807) is 11.3 Å². The third-order valence-electron chi connectivity index (χ3n) is 1.82. The van der Waals surface area contributed by atoms with Crippen molar-refractivity contribution < 1.29 is 5.11 Å². The maximum absolute atomic E-state index is 8.57. The van der Waals surface area contributed by atoms with E-state index in [-0.39, 0.29) is 0 Å². The van der Waals surface area contributed by atoms with Gasteiger partial charge in [-0.15, -0.1) is 11.8 Å². The highest BCUT2D eigenvalue weighted by Crippen LogP contribution is 2.21. The summed E-state index contributed by atoms with van der Waals surface area (Å²) in [5.74, 6) is 1.21. The van der Waals surface area contributed by atoms with Crippen molar-refractivity contribution in [1.29, 1.82) is 0 Å². The monoisotopic (exact) mass is 216 g/mol. The summed E-state index contributed by atoms with van der Waals surface area (Å²) in [4.78, 5) is 1.40. The molecule has 13 heavy (non-hydrogen) atoms. The van der Waals surface area contributed by atoms with E-state index in [9.17, 15) is 0 Å². The summed E-state index contributed by atoms with van der Waals surface area (Å²) in [5.41, 5.74) is 0. The zero-order chi connectivity index (χ0) is 9.36. The van der Waals surface area contributed by atoms with Crippen molar-refractivity contribution in [2.75, 3.05) is 12.4 Å². The Morgan fingerprint density at radius 2 is 2.08 bits per heavy atom. The minimum absolute atomic E-state index is 0.345. The Morgan fingerprint density at radius 1 is 1.23 bits per heavy atom. The molecule has 0 saturated heterocycles. The first-order chi connectivity index (χ1) is 6.43. The molecule has 0 bridgehead atoms. The van der Waals surface area contributed by atoms with Crippen LogP contribution in [0.15, 0.2) is 21.7 Å². The number of hydrogen-bond donors (Lipinski definition) is 1. The maximum Gasteiger partial charge on any atom is 0.0431 e. The lowest BCUT2D eigenvalue weighted by Crippen LogP contribution is -1.84. The summed E-state index contributed by atoms with van der Waals surface area (Å²) in [5, 5.41) is 12.9. The van der Waals surface area contributed by atoms with Crippen molar-refractivity contribution in [2.24, 2.45) is 0 Å². The molecule has 0 radical (unpaired) electrons. The molecular weight excluding hydrogens is 200 g/mol. The third kappa shape index (κ3) is 5.34. The van der Waals surface area contributed by atoms with E-state index in [0.717, 1.165) is 6.42 Å². The standard InChI is InChI=1S/C10H16OS2/c11-6-3-1-2-4-7-13-10-5-8-12-9-10/h5,8-9,11H,1-4,6-7H2. The van der Waals surface area contributed by atoms with Crippen LogP contribution in [-0.2, 0) is 0 Å². The molecule has 0 fully saturated rings. The van der Waals surface area contributed by atoms with Crippen molar-refractivity contribution in [2.45, 2.75) is 30.6 Å². The van der Waals surface area contributed by atoms with Crippen LogP contribution in [0.5, 0.6) is 0 Å². The predicted octanol–water partition coefficient (Wildman–Crippen LogP) is 3.39. The second-order valence-corrected chi connectivity index (χ2v) is 4.89. The lowest BCUT2D eigenvalue weighted by molar-refractivity contribution is 0.283. The molecule has 74 valence electrons. The van der Waals surface area contributed by atoms with Crippen LogP contribution in [0.25, 0.3) is 0 Å². The number of aliphatic hydroxyl groups excluding tert-OH is 1. The van der Waals surface area contributed by atoms with Gasteiger partial charge in [-0.05, 0) is 30.0 Å². The van der Waals surface area contributed by atoms with Crippen molar-refractivity contribution in [3.05, 3.63) is 16.8 Å². The number of rotatable bonds is 7. The van der Waals surface area contributed by atoms with Crippen LogP contribution in [0.3, 0.4) is 0 Å². The molecule has 0 aliphatic rings. The smallest absolute Gasteiger partial charge is 0.0431 e. The van der Waals surface area contributed by atoms with Gasteiger partial charge in [-0.2, -0.15) is 11.3 Å². The number of hydrogen-bond acceptors (Lipinski definition) is 3. The summed E-state index contributed by atoms with van der Waals surface area (Å²) in [6.07, 6.45) is 4.64. The molecule has 1 aromatic heterocycles. The normalized spacial score (nSPS) is 10.5. The van der Waals surface area contributed by atoms with Crippen LogP contribution < -0.4 is 0 Å². The zero-order valence-electron chi connectivity index (χ0n) is 7.74. The van der Waals surface area contributed by atoms with Crippen LogP contribution in [0.2, 0.25) is 0 Å². The van der Waals surface area contributed by atoms with E-state index in [1.807, 2.05) is 11.8 Å². The van der Waals surface area contributed by atoms with E-state index < -0.39 is 0 Å². The molecule has 0 unspecified atom stereocenters. The summed E-state index contributed by atoms with van der Waals surface area (Å²) in [7, 11) is 0. The Balaban J connectivity index is 1.90. The Morgan fingerprint density at radius 3 is 2.77 bits per heavy atom. The van der Waals surface area contributed by atoms with Gasteiger partial charge in [-0.3, -0.25) is 0 Å². The number of aliphatic hydroxyl groups is 1. The molecule has 1 N–H and O–H groups in total. The number of thioether (sulfide) groups is 1. The first kappa shape index (κ1) is 11.1. The molecule has 0 aromatic carbocycles. The minimum Gasteiger partial charge on any atom is -0.396 e. The van der Waals surface area contributed by atoms with E-state index >= 15 is 0 Å². The molecule has 3 heteroatoms. The van der Waals surface area contributed by atoms with Gasteiger partial charge in [0.15, 0.2) is 0 Å². The van der Waals surface area contributed by atoms with Gasteiger partial charge in [0.25, 0.3) is 0 Å². The van der Waals surface area contributed by atoms with Crippen LogP contribution in [0.1, 0.15) is 25.7 Å². The van der Waals surface area contributed by atoms with Crippen molar-refractivity contribution in [3.63, 3.8) is 0 Å². The van der Waals surface area contributed by atoms with Gasteiger partial charge in [-0.25, -0.2) is 0 Å². The maximum atomic E-state index is 8.57. The van der Waals surface area contributed by atoms with E-state index in [0.29, 0.717) is 6.61 Å². The third-order valence-corrected chi connectivity index (χ3v) is 3.73. The van der Waals surface area contributed by atoms with Crippen LogP contribution in [0.4, 0.5) is 0 Å². The second-order valence-electron chi connectivity index (χ2n) is 2.95. The highest BCUT2D eigenvalue weighted by Gasteiger charge is 1.93. The molecule has 1 heterocycles. The Bertz CT molecular complexity index is 197. The summed E-state index contributed by atoms with van der Waals surface area (Å²) in [6.45, 7) is 0.345. The first-order valence-corrected chi connectivity index (χ1v) is 6.62. The highest BCUT2D eigenvalue weighted by molar-refractivity contribution is 7.99. The van der Waals surface area contributed by atoms with Gasteiger partial charge in [-0.1, -0.05) is 12.8 Å². The molecule has 0 aliphatic heterocycles. The van der Waals surface area contributed by atoms with Crippen LogP contribution >= 0.6 is 23.1 Å². The fourth-order valence-electron chi connectivity index (χ4n) is 1.09. The second kappa shape index (κ2) is 7.42. The molecule has 0 atom stereocenters. The number of thiophene rings is 1. The van der Waals surface area contributed by atoms with Gasteiger partial charge < -0.3 is 5.11 Å². The summed E-state index contributed by atoms with van der Waals surface area (Å²) >= 11 is 3.69. The predicted molar refractivity (Wildman–Crippen MR) is 60.6 cm³/mol. The minimum atomic E-state index is 0.345. The van der Waals surface area contributed by atoms with Crippen LogP contribution in [0, 0.1) is 0 Å². The SMILES string of the molecule is OCCCCCCSc1ccsc1. The molecule has 0 spiro atoms. The lowest BCUT2D eigenvalue weighted by Gasteiger charge is -1.98. The fraction of sp³-hybridized carbons (Fsp3) is 0.600. The van der Waals surface area contributed by atoms with Gasteiger partial charge >= 0.3 is 0 Å². The Hall–Kier alpha value is 0.01000. The number of unbranched alkanes of at least 4 members (excludes halogenated alkanes) is 3. The van der Waals surface area contributed by atoms with Crippen molar-refractivity contribution in [3.8, 4) is 0 Å². The van der Waals surface area contributed by atoms with Crippen LogP contribution in [-0.4, -0.2) is 17.5 Å². The average Bonchev–Trinajstić information content (AvgIpc) is 2.63. The molecule has 0 saturated carbocycles. The Kier molecular flexibility index (Phi) is 6.33. The lowest BCUT2D eigenvalue weighted by atomic mass is 10.2. The van der Waals surface area contributed by atoms with Gasteiger partial charge in [0, 0.05) is 16.9 Å². The summed E-state index contributed by atoms with van der Waals surface area (Å²) in [6, 6.07) is 2.17. The van der Waals surface area contributed by atoms with Crippen molar-refractivity contribution >= 4 is 23.1 Å². The van der Waals surface area contributed by atoms with E-state index in [2.05, 4.69) is 16.8 Å².